The molecule has 1 saturated carbocycles. The van der Waals surface area contributed by atoms with Gasteiger partial charge in [0.2, 0.25) is 15.9 Å². The van der Waals surface area contributed by atoms with Crippen molar-refractivity contribution in [1.29, 1.82) is 0 Å². The number of primary amides is 1. The number of halogens is 7. The fourth-order valence-corrected chi connectivity index (χ4v) is 8.58. The van der Waals surface area contributed by atoms with Crippen LogP contribution in [-0.2, 0) is 34.2 Å². The van der Waals surface area contributed by atoms with Crippen LogP contribution < -0.4 is 16.0 Å². The van der Waals surface area contributed by atoms with Crippen molar-refractivity contribution in [1.82, 2.24) is 29.1 Å². The Balaban J connectivity index is 1.48. The van der Waals surface area contributed by atoms with E-state index in [2.05, 4.69) is 14.9 Å². The number of aryl methyl sites for hydroxylation is 1. The van der Waals surface area contributed by atoms with Crippen molar-refractivity contribution in [3.8, 4) is 5.69 Å². The topological polar surface area (TPSA) is 160 Å². The van der Waals surface area contributed by atoms with Gasteiger partial charge in [-0.2, -0.15) is 19.0 Å². The van der Waals surface area contributed by atoms with Crippen molar-refractivity contribution in [2.24, 2.45) is 18.7 Å². The van der Waals surface area contributed by atoms with Crippen LogP contribution in [0.15, 0.2) is 59.4 Å². The van der Waals surface area contributed by atoms with Crippen LogP contribution in [0.3, 0.4) is 0 Å². The molecular weight excluding hydrogens is 778 g/mol. The van der Waals surface area contributed by atoms with Crippen LogP contribution in [0.5, 0.6) is 0 Å². The number of aromatic nitrogens is 6. The first kappa shape index (κ1) is 36.5. The molecule has 0 aliphatic heterocycles. The summed E-state index contributed by atoms with van der Waals surface area (Å²) in [6, 6.07) is 8.92. The van der Waals surface area contributed by atoms with E-state index in [0.29, 0.717) is 10.7 Å². The lowest BCUT2D eigenvalue weighted by Crippen LogP contribution is -2.39. The SMILES string of the molecule is Cn1nc(NS(C)(=O)=O)c2c(Cl)ccc(-n3c([C@@H](Cc4cc(F)cc(F)c4)C(C(N)=O)n4nc(C(F)F)c5c4C(F)(F)[C@@H]4C[C@H]54)nc4ccccc4c3=O)c21. The highest BCUT2D eigenvalue weighted by atomic mass is 35.5. The fourth-order valence-electron chi connectivity index (χ4n) is 7.85. The van der Waals surface area contributed by atoms with Crippen molar-refractivity contribution in [3.63, 3.8) is 0 Å². The van der Waals surface area contributed by atoms with Crippen molar-refractivity contribution in [2.45, 2.75) is 43.1 Å². The van der Waals surface area contributed by atoms with Crippen molar-refractivity contribution < 1.29 is 39.6 Å². The molecule has 0 radical (unpaired) electrons. The molecule has 4 atom stereocenters. The Morgan fingerprint density at radius 1 is 1.09 bits per heavy atom. The lowest BCUT2D eigenvalue weighted by atomic mass is 9.89. The minimum atomic E-state index is -3.92. The monoisotopic (exact) mass is 804 g/mol. The summed E-state index contributed by atoms with van der Waals surface area (Å²) in [5.41, 5.74) is 2.75. The summed E-state index contributed by atoms with van der Waals surface area (Å²) in [5, 5.41) is 8.17. The van der Waals surface area contributed by atoms with Crippen LogP contribution >= 0.6 is 11.6 Å². The number of amides is 1. The molecule has 0 saturated heterocycles. The van der Waals surface area contributed by atoms with E-state index in [0.717, 1.165) is 23.0 Å². The number of para-hydroxylation sites is 1. The molecule has 3 N–H and O–H groups in total. The quantitative estimate of drug-likeness (QED) is 0.162. The third kappa shape index (κ3) is 5.90. The van der Waals surface area contributed by atoms with Gasteiger partial charge in [-0.05, 0) is 60.7 Å². The third-order valence-corrected chi connectivity index (χ3v) is 10.9. The number of rotatable bonds is 10. The number of alkyl halides is 4. The molecule has 1 amide bonds. The van der Waals surface area contributed by atoms with E-state index in [1.54, 1.807) is 0 Å². The van der Waals surface area contributed by atoms with Gasteiger partial charge in [-0.15, -0.1) is 0 Å². The Morgan fingerprint density at radius 2 is 1.78 bits per heavy atom. The molecule has 1 fully saturated rings. The van der Waals surface area contributed by atoms with Crippen LogP contribution in [0.4, 0.5) is 32.2 Å². The molecule has 286 valence electrons. The van der Waals surface area contributed by atoms with Gasteiger partial charge in [0.25, 0.3) is 17.9 Å². The minimum Gasteiger partial charge on any atom is -0.368 e. The number of hydrogen-bond donors (Lipinski definition) is 2. The number of hydrogen-bond acceptors (Lipinski definition) is 7. The molecule has 0 spiro atoms. The Labute approximate surface area is 311 Å². The fraction of sp³-hybridized carbons (Fsp3) is 0.286. The van der Waals surface area contributed by atoms with Gasteiger partial charge < -0.3 is 5.73 Å². The first-order valence-corrected chi connectivity index (χ1v) is 18.8. The van der Waals surface area contributed by atoms with Gasteiger partial charge >= 0.3 is 0 Å². The molecule has 2 aliphatic rings. The summed E-state index contributed by atoms with van der Waals surface area (Å²) in [7, 11) is -2.51. The zero-order valence-electron chi connectivity index (χ0n) is 28.4. The maximum Gasteiger partial charge on any atom is 0.293 e. The van der Waals surface area contributed by atoms with Gasteiger partial charge in [0.05, 0.1) is 44.7 Å². The number of nitrogens with two attached hydrogens (primary N) is 1. The van der Waals surface area contributed by atoms with Crippen LogP contribution in [0.1, 0.15) is 59.1 Å². The third-order valence-electron chi connectivity index (χ3n) is 10.0. The van der Waals surface area contributed by atoms with Gasteiger partial charge in [-0.3, -0.25) is 23.6 Å². The second-order valence-electron chi connectivity index (χ2n) is 13.7. The molecule has 55 heavy (non-hydrogen) atoms. The van der Waals surface area contributed by atoms with E-state index in [4.69, 9.17) is 22.3 Å². The second-order valence-corrected chi connectivity index (χ2v) is 15.8. The molecule has 3 heterocycles. The minimum absolute atomic E-state index is 0.00410. The van der Waals surface area contributed by atoms with E-state index in [9.17, 15) is 35.6 Å². The summed E-state index contributed by atoms with van der Waals surface area (Å²) in [6.45, 7) is 0. The molecule has 2 aliphatic carbocycles. The van der Waals surface area contributed by atoms with E-state index < -0.39 is 92.6 Å². The smallest absolute Gasteiger partial charge is 0.293 e. The number of sulfonamides is 1. The van der Waals surface area contributed by atoms with E-state index >= 15 is 8.78 Å². The zero-order valence-corrected chi connectivity index (χ0v) is 30.0. The predicted octanol–water partition coefficient (Wildman–Crippen LogP) is 5.97. The molecule has 3 aromatic carbocycles. The maximum atomic E-state index is 16.0. The first-order valence-electron chi connectivity index (χ1n) is 16.6. The summed E-state index contributed by atoms with van der Waals surface area (Å²) in [5.74, 6) is -11.8. The van der Waals surface area contributed by atoms with Gasteiger partial charge in [-0.1, -0.05) is 23.7 Å². The van der Waals surface area contributed by atoms with Crippen molar-refractivity contribution >= 4 is 55.2 Å². The lowest BCUT2D eigenvalue weighted by molar-refractivity contribution is -0.122. The molecular formula is C35H27ClF6N8O4S. The molecule has 1 unspecified atom stereocenters. The van der Waals surface area contributed by atoms with Gasteiger partial charge in [-0.25, -0.2) is 35.6 Å². The predicted molar refractivity (Wildman–Crippen MR) is 188 cm³/mol. The largest absolute Gasteiger partial charge is 0.368 e. The highest BCUT2D eigenvalue weighted by Crippen LogP contribution is 2.68. The standard InChI is InChI=1S/C35H27ClF6N8O4S/c1-48-28-23(8-7-21(36)25(28)32(46-48)47-55(2,53)54)49-33(44-22-6-4-3-5-17(22)34(49)52)19(11-14-9-15(37)12-16(38)10-14)27(31(43)51)50-29-24(26(45-50)30(39)40)18-13-20(18)35(29,41)42/h3-10,12,18-20,27,30H,11,13H2,1-2H3,(H2,43,51)(H,46,47)/t18-,19-,20+,27?/m0/s1. The summed E-state index contributed by atoms with van der Waals surface area (Å²) < 4.78 is 120. The average molecular weight is 805 g/mol. The number of carbonyl (C=O) groups is 1. The number of nitrogens with zero attached hydrogens (tertiary/aromatic N) is 6. The van der Waals surface area contributed by atoms with Crippen LogP contribution in [0, 0.1) is 17.6 Å². The van der Waals surface area contributed by atoms with Crippen LogP contribution in [0.2, 0.25) is 5.02 Å². The number of fused-ring (bicyclic) bond motifs is 5. The van der Waals surface area contributed by atoms with Gasteiger partial charge in [0.15, 0.2) is 5.82 Å². The average Bonchev–Trinajstić information content (AvgIpc) is 3.62. The normalized spacial score (nSPS) is 18.4. The van der Waals surface area contributed by atoms with Crippen molar-refractivity contribution in [3.05, 3.63) is 110 Å². The van der Waals surface area contributed by atoms with E-state index in [-0.39, 0.29) is 56.1 Å². The maximum absolute atomic E-state index is 16.0. The molecule has 6 aromatic rings. The van der Waals surface area contributed by atoms with Crippen LogP contribution in [-0.4, -0.2) is 49.7 Å². The summed E-state index contributed by atoms with van der Waals surface area (Å²) in [6.07, 6.45) is -3.15. The highest BCUT2D eigenvalue weighted by molar-refractivity contribution is 7.92. The molecule has 12 nitrogen and oxygen atoms in total. The van der Waals surface area contributed by atoms with Gasteiger partial charge in [0.1, 0.15) is 34.9 Å². The second kappa shape index (κ2) is 12.6. The van der Waals surface area contributed by atoms with Gasteiger partial charge in [0, 0.05) is 24.6 Å². The van der Waals surface area contributed by atoms with Crippen molar-refractivity contribution in [2.75, 3.05) is 11.0 Å². The molecule has 20 heteroatoms. The number of nitrogens with one attached hydrogen (secondary N) is 1. The Bertz CT molecular complexity index is 2770. The number of anilines is 1. The summed E-state index contributed by atoms with van der Waals surface area (Å²) in [4.78, 5) is 33.2. The molecule has 0 bridgehead atoms. The molecule has 8 rings (SSSR count). The first-order chi connectivity index (χ1) is 25.9. The van der Waals surface area contributed by atoms with E-state index in [1.807, 2.05) is 0 Å². The van der Waals surface area contributed by atoms with E-state index in [1.165, 1.54) is 48.1 Å². The number of carbonyl (C=O) groups excluding carboxylic acids is 1. The number of benzene rings is 3. The Hall–Kier alpha value is -5.43. The molecule has 3 aromatic heterocycles. The Kier molecular flexibility index (Phi) is 8.34. The Morgan fingerprint density at radius 3 is 2.44 bits per heavy atom. The lowest BCUT2D eigenvalue weighted by Gasteiger charge is -2.30. The zero-order chi connectivity index (χ0) is 39.5. The highest BCUT2D eigenvalue weighted by Gasteiger charge is 2.67. The van der Waals surface area contributed by atoms with Crippen LogP contribution in [0.25, 0.3) is 27.5 Å². The summed E-state index contributed by atoms with van der Waals surface area (Å²) >= 11 is 6.57.